The van der Waals surface area contributed by atoms with Crippen molar-refractivity contribution in [2.24, 2.45) is 0 Å². The molecule has 0 aliphatic heterocycles. The number of hydrogen-bond donors (Lipinski definition) is 1. The van der Waals surface area contributed by atoms with E-state index in [-0.39, 0.29) is 6.61 Å². The van der Waals surface area contributed by atoms with E-state index in [1.807, 2.05) is 60.7 Å². The van der Waals surface area contributed by atoms with E-state index in [1.165, 1.54) is 6.08 Å². The Morgan fingerprint density at radius 2 is 1.74 bits per heavy atom. The van der Waals surface area contributed by atoms with Crippen LogP contribution in [0.2, 0.25) is 0 Å². The number of ether oxygens (including phenoxy) is 1. The van der Waals surface area contributed by atoms with Gasteiger partial charge in [-0.3, -0.25) is 4.79 Å². The molecule has 136 valence electrons. The maximum Gasteiger partial charge on any atom is 0.330 e. The molecule has 3 rings (SSSR count). The number of anilines is 1. The fourth-order valence-corrected chi connectivity index (χ4v) is 2.49. The molecule has 1 N–H and O–H groups in total. The van der Waals surface area contributed by atoms with Crippen molar-refractivity contribution in [3.05, 3.63) is 78.9 Å². The van der Waals surface area contributed by atoms with E-state index in [2.05, 4.69) is 10.4 Å². The molecule has 0 aliphatic rings. The average molecular weight is 361 g/mol. The molecule has 0 aliphatic carbocycles. The molecule has 1 aromatic heterocycles. The van der Waals surface area contributed by atoms with Crippen molar-refractivity contribution in [2.75, 3.05) is 11.9 Å². The first-order valence-electron chi connectivity index (χ1n) is 8.47. The third-order valence-electron chi connectivity index (χ3n) is 3.70. The van der Waals surface area contributed by atoms with Gasteiger partial charge in [0.05, 0.1) is 11.4 Å². The Hall–Kier alpha value is -3.67. The molecule has 0 saturated heterocycles. The number of para-hydroxylation sites is 1. The first-order chi connectivity index (χ1) is 13.2. The molecule has 1 amide bonds. The molecule has 6 heteroatoms. The second-order valence-corrected chi connectivity index (χ2v) is 5.68. The predicted octanol–water partition coefficient (Wildman–Crippen LogP) is 3.60. The molecular formula is C21H19N3O3. The number of rotatable bonds is 6. The van der Waals surface area contributed by atoms with Gasteiger partial charge in [-0.1, -0.05) is 54.6 Å². The number of carbonyl (C=O) groups excluding carboxylic acids is 2. The Labute approximate surface area is 157 Å². The Kier molecular flexibility index (Phi) is 5.79. The molecule has 6 nitrogen and oxygen atoms in total. The SMILES string of the molecule is C/C=C/C(=O)OCC(=O)Nc1cc(-c2ccccc2)nn1-c1ccccc1. The van der Waals surface area contributed by atoms with Crippen molar-refractivity contribution in [2.45, 2.75) is 6.92 Å². The zero-order chi connectivity index (χ0) is 19.1. The fourth-order valence-electron chi connectivity index (χ4n) is 2.49. The summed E-state index contributed by atoms with van der Waals surface area (Å²) >= 11 is 0. The van der Waals surface area contributed by atoms with Gasteiger partial charge < -0.3 is 10.1 Å². The summed E-state index contributed by atoms with van der Waals surface area (Å²) in [5, 5.41) is 7.37. The van der Waals surface area contributed by atoms with Crippen LogP contribution in [-0.4, -0.2) is 28.3 Å². The quantitative estimate of drug-likeness (QED) is 0.538. The highest BCUT2D eigenvalue weighted by Crippen LogP contribution is 2.24. The van der Waals surface area contributed by atoms with Gasteiger partial charge in [0.15, 0.2) is 6.61 Å². The summed E-state index contributed by atoms with van der Waals surface area (Å²) in [6, 6.07) is 20.9. The van der Waals surface area contributed by atoms with Crippen LogP contribution in [0.3, 0.4) is 0 Å². The van der Waals surface area contributed by atoms with Crippen LogP contribution >= 0.6 is 0 Å². The Morgan fingerprint density at radius 1 is 1.07 bits per heavy atom. The molecule has 0 radical (unpaired) electrons. The highest BCUT2D eigenvalue weighted by Gasteiger charge is 2.14. The molecule has 0 fully saturated rings. The highest BCUT2D eigenvalue weighted by atomic mass is 16.5. The summed E-state index contributed by atoms with van der Waals surface area (Å²) in [5.74, 6) is -0.508. The van der Waals surface area contributed by atoms with Crippen LogP contribution in [0.1, 0.15) is 6.92 Å². The van der Waals surface area contributed by atoms with Crippen LogP contribution in [0.25, 0.3) is 16.9 Å². The lowest BCUT2D eigenvalue weighted by atomic mass is 10.2. The molecule has 0 saturated carbocycles. The molecule has 2 aromatic carbocycles. The number of nitrogens with one attached hydrogen (secondary N) is 1. The minimum Gasteiger partial charge on any atom is -0.452 e. The number of allylic oxidation sites excluding steroid dienone is 1. The molecule has 0 unspecified atom stereocenters. The summed E-state index contributed by atoms with van der Waals surface area (Å²) in [6.45, 7) is 1.33. The zero-order valence-electron chi connectivity index (χ0n) is 14.8. The Bertz CT molecular complexity index is 947. The minimum atomic E-state index is -0.561. The minimum absolute atomic E-state index is 0.371. The second kappa shape index (κ2) is 8.62. The molecule has 3 aromatic rings. The first kappa shape index (κ1) is 18.1. The van der Waals surface area contributed by atoms with Crippen LogP contribution in [0, 0.1) is 0 Å². The number of carbonyl (C=O) groups is 2. The third kappa shape index (κ3) is 4.70. The maximum absolute atomic E-state index is 12.2. The van der Waals surface area contributed by atoms with E-state index < -0.39 is 11.9 Å². The van der Waals surface area contributed by atoms with E-state index >= 15 is 0 Å². The highest BCUT2D eigenvalue weighted by molar-refractivity contribution is 5.93. The standard InChI is InChI=1S/C21H19N3O3/c1-2-9-21(26)27-15-20(25)22-19-14-18(16-10-5-3-6-11-16)23-24(19)17-12-7-4-8-13-17/h2-14H,15H2,1H3,(H,22,25)/b9-2+. The molecule has 0 atom stereocenters. The summed E-state index contributed by atoms with van der Waals surface area (Å²) < 4.78 is 6.53. The van der Waals surface area contributed by atoms with E-state index in [9.17, 15) is 9.59 Å². The van der Waals surface area contributed by atoms with Crippen LogP contribution in [0.5, 0.6) is 0 Å². The number of esters is 1. The number of aromatic nitrogens is 2. The molecule has 27 heavy (non-hydrogen) atoms. The van der Waals surface area contributed by atoms with Crippen LogP contribution in [0.4, 0.5) is 5.82 Å². The van der Waals surface area contributed by atoms with Crippen molar-refractivity contribution < 1.29 is 14.3 Å². The summed E-state index contributed by atoms with van der Waals surface area (Å²) in [4.78, 5) is 23.6. The van der Waals surface area contributed by atoms with Crippen molar-refractivity contribution in [1.29, 1.82) is 0 Å². The second-order valence-electron chi connectivity index (χ2n) is 5.68. The van der Waals surface area contributed by atoms with E-state index in [0.29, 0.717) is 5.82 Å². The molecular weight excluding hydrogens is 342 g/mol. The van der Waals surface area contributed by atoms with Gasteiger partial charge in [0.25, 0.3) is 5.91 Å². The van der Waals surface area contributed by atoms with E-state index in [0.717, 1.165) is 16.9 Å². The van der Waals surface area contributed by atoms with Crippen molar-refractivity contribution in [3.8, 4) is 16.9 Å². The van der Waals surface area contributed by atoms with Gasteiger partial charge in [-0.2, -0.15) is 5.10 Å². The van der Waals surface area contributed by atoms with Gasteiger partial charge >= 0.3 is 5.97 Å². The topological polar surface area (TPSA) is 73.2 Å². The number of amides is 1. The Morgan fingerprint density at radius 3 is 2.41 bits per heavy atom. The van der Waals surface area contributed by atoms with E-state index in [4.69, 9.17) is 4.74 Å². The normalized spacial score (nSPS) is 10.7. The summed E-state index contributed by atoms with van der Waals surface area (Å²) in [6.07, 6.45) is 2.81. The number of nitrogens with zero attached hydrogens (tertiary/aromatic N) is 2. The van der Waals surface area contributed by atoms with E-state index in [1.54, 1.807) is 23.7 Å². The fraction of sp³-hybridized carbons (Fsp3) is 0.0952. The smallest absolute Gasteiger partial charge is 0.330 e. The third-order valence-corrected chi connectivity index (χ3v) is 3.70. The zero-order valence-corrected chi connectivity index (χ0v) is 14.8. The maximum atomic E-state index is 12.2. The van der Waals surface area contributed by atoms with Gasteiger partial charge in [0.2, 0.25) is 0 Å². The monoisotopic (exact) mass is 361 g/mol. The van der Waals surface area contributed by atoms with Gasteiger partial charge in [0.1, 0.15) is 5.82 Å². The molecule has 1 heterocycles. The first-order valence-corrected chi connectivity index (χ1v) is 8.47. The number of hydrogen-bond acceptors (Lipinski definition) is 4. The van der Waals surface area contributed by atoms with Crippen LogP contribution in [0.15, 0.2) is 78.9 Å². The van der Waals surface area contributed by atoms with Crippen LogP contribution < -0.4 is 5.32 Å². The lowest BCUT2D eigenvalue weighted by Crippen LogP contribution is -2.21. The van der Waals surface area contributed by atoms with Gasteiger partial charge in [-0.25, -0.2) is 9.48 Å². The Balaban J connectivity index is 1.85. The van der Waals surface area contributed by atoms with Gasteiger partial charge in [-0.15, -0.1) is 0 Å². The van der Waals surface area contributed by atoms with Gasteiger partial charge in [0, 0.05) is 17.7 Å². The molecule has 0 spiro atoms. The summed E-state index contributed by atoms with van der Waals surface area (Å²) in [7, 11) is 0. The van der Waals surface area contributed by atoms with Gasteiger partial charge in [-0.05, 0) is 19.1 Å². The number of benzene rings is 2. The van der Waals surface area contributed by atoms with Crippen molar-refractivity contribution in [3.63, 3.8) is 0 Å². The largest absolute Gasteiger partial charge is 0.452 e. The lowest BCUT2D eigenvalue weighted by Gasteiger charge is -2.08. The average Bonchev–Trinajstić information content (AvgIpc) is 3.12. The van der Waals surface area contributed by atoms with Crippen molar-refractivity contribution in [1.82, 2.24) is 9.78 Å². The lowest BCUT2D eigenvalue weighted by molar-refractivity contribution is -0.142. The summed E-state index contributed by atoms with van der Waals surface area (Å²) in [5.41, 5.74) is 2.46. The van der Waals surface area contributed by atoms with Crippen molar-refractivity contribution >= 4 is 17.7 Å². The van der Waals surface area contributed by atoms with Crippen LogP contribution in [-0.2, 0) is 14.3 Å². The molecule has 0 bridgehead atoms. The predicted molar refractivity (Wildman–Crippen MR) is 103 cm³/mol.